The summed E-state index contributed by atoms with van der Waals surface area (Å²) in [5.74, 6) is 0.353. The number of hydrogen-bond donors (Lipinski definition) is 3. The summed E-state index contributed by atoms with van der Waals surface area (Å²) in [6.07, 6.45) is 0.879. The van der Waals surface area contributed by atoms with Crippen LogP contribution in [0.2, 0.25) is 5.82 Å². The van der Waals surface area contributed by atoms with Crippen molar-refractivity contribution in [3.63, 3.8) is 0 Å². The van der Waals surface area contributed by atoms with Crippen molar-refractivity contribution in [2.75, 3.05) is 13.1 Å². The van der Waals surface area contributed by atoms with Crippen LogP contribution in [-0.2, 0) is 0 Å². The highest BCUT2D eigenvalue weighted by molar-refractivity contribution is 8.00. The minimum Gasteiger partial charge on any atom is -0.535 e. The average Bonchev–Trinajstić information content (AvgIpc) is 3.16. The van der Waals surface area contributed by atoms with E-state index in [4.69, 9.17) is 4.65 Å². The molecule has 2 fully saturated rings. The van der Waals surface area contributed by atoms with Gasteiger partial charge >= 0.3 is 13.1 Å². The summed E-state index contributed by atoms with van der Waals surface area (Å²) in [6.45, 7) is 4.11. The number of thioether (sulfide) groups is 1. The Morgan fingerprint density at radius 2 is 2.27 bits per heavy atom. The van der Waals surface area contributed by atoms with E-state index in [1.807, 2.05) is 12.1 Å². The molecule has 1 aromatic carbocycles. The van der Waals surface area contributed by atoms with Gasteiger partial charge in [0.05, 0.1) is 0 Å². The first kappa shape index (κ1) is 14.4. The van der Waals surface area contributed by atoms with Crippen LogP contribution in [0.1, 0.15) is 35.2 Å². The van der Waals surface area contributed by atoms with Gasteiger partial charge in [0.15, 0.2) is 0 Å². The van der Waals surface area contributed by atoms with Crippen molar-refractivity contribution in [1.82, 2.24) is 5.32 Å². The molecule has 4 rings (SSSR count). The molecule has 3 aliphatic rings. The average molecular weight is 319 g/mol. The van der Waals surface area contributed by atoms with E-state index in [-0.39, 0.29) is 17.3 Å². The van der Waals surface area contributed by atoms with Crippen molar-refractivity contribution in [3.05, 3.63) is 23.3 Å². The highest BCUT2D eigenvalue weighted by atomic mass is 32.2. The molecule has 5 nitrogen and oxygen atoms in total. The lowest BCUT2D eigenvalue weighted by molar-refractivity contribution is 0.0690. The standard InChI is InChI=1S/C15H18BNO4S/c1-7(8-5-17-6-8)22-12-3-2-9-10-4-11(10)16(20)21-14(9)13(12)15(18)19/h2-3,7-8,10-11,17,20H,4-6H2,1H3,(H,18,19)/t7-,10+,11+/m0/s1. The van der Waals surface area contributed by atoms with Crippen LogP contribution in [0, 0.1) is 5.92 Å². The maximum atomic E-state index is 11.8. The van der Waals surface area contributed by atoms with Gasteiger partial charge in [-0.15, -0.1) is 11.8 Å². The van der Waals surface area contributed by atoms with Crippen molar-refractivity contribution in [2.24, 2.45) is 5.92 Å². The molecule has 0 spiro atoms. The van der Waals surface area contributed by atoms with E-state index in [1.165, 1.54) is 0 Å². The molecular formula is C15H18BNO4S. The van der Waals surface area contributed by atoms with Crippen LogP contribution in [0.5, 0.6) is 5.75 Å². The number of aromatic carboxylic acids is 1. The molecule has 7 heteroatoms. The lowest BCUT2D eigenvalue weighted by Crippen LogP contribution is -2.46. The van der Waals surface area contributed by atoms with Gasteiger partial charge in [0.25, 0.3) is 0 Å². The molecular weight excluding hydrogens is 301 g/mol. The zero-order chi connectivity index (χ0) is 15.4. The van der Waals surface area contributed by atoms with E-state index >= 15 is 0 Å². The summed E-state index contributed by atoms with van der Waals surface area (Å²) < 4.78 is 5.55. The number of carboxylic acids is 1. The Balaban J connectivity index is 1.69. The number of carbonyl (C=O) groups is 1. The monoisotopic (exact) mass is 319 g/mol. The molecule has 0 bridgehead atoms. The molecule has 3 atom stereocenters. The molecule has 2 aliphatic heterocycles. The van der Waals surface area contributed by atoms with E-state index in [0.29, 0.717) is 16.9 Å². The Hall–Kier alpha value is -1.18. The highest BCUT2D eigenvalue weighted by Gasteiger charge is 2.54. The molecule has 1 aromatic rings. The highest BCUT2D eigenvalue weighted by Crippen LogP contribution is 2.60. The SMILES string of the molecule is C[C@H](Sc1ccc2c(c1C(=O)O)OB(O)[C@@H]1C[C@H]21)C1CNC1. The second-order valence-electron chi connectivity index (χ2n) is 6.42. The Kier molecular flexibility index (Phi) is 3.40. The zero-order valence-electron chi connectivity index (χ0n) is 12.3. The van der Waals surface area contributed by atoms with Crippen LogP contribution in [0.25, 0.3) is 0 Å². The lowest BCUT2D eigenvalue weighted by atomic mass is 9.77. The van der Waals surface area contributed by atoms with Gasteiger partial charge in [-0.1, -0.05) is 13.0 Å². The fourth-order valence-corrected chi connectivity index (χ4v) is 4.57. The molecule has 0 unspecified atom stereocenters. The van der Waals surface area contributed by atoms with Crippen LogP contribution in [0.3, 0.4) is 0 Å². The van der Waals surface area contributed by atoms with Crippen LogP contribution >= 0.6 is 11.8 Å². The minimum absolute atomic E-state index is 0.132. The molecule has 22 heavy (non-hydrogen) atoms. The van der Waals surface area contributed by atoms with Gasteiger partial charge in [-0.3, -0.25) is 0 Å². The topological polar surface area (TPSA) is 78.8 Å². The third-order valence-corrected chi connectivity index (χ3v) is 6.35. The number of nitrogens with one attached hydrogen (secondary N) is 1. The van der Waals surface area contributed by atoms with E-state index in [1.54, 1.807) is 11.8 Å². The first-order chi connectivity index (χ1) is 10.6. The maximum absolute atomic E-state index is 11.8. The van der Waals surface area contributed by atoms with Gasteiger partial charge in [-0.2, -0.15) is 0 Å². The molecule has 2 heterocycles. The van der Waals surface area contributed by atoms with Crippen molar-refractivity contribution in [1.29, 1.82) is 0 Å². The summed E-state index contributed by atoms with van der Waals surface area (Å²) in [7, 11) is -0.871. The van der Waals surface area contributed by atoms with Crippen molar-refractivity contribution < 1.29 is 19.6 Å². The Morgan fingerprint density at radius 3 is 2.91 bits per heavy atom. The Labute approximate surface area is 133 Å². The lowest BCUT2D eigenvalue weighted by Gasteiger charge is -2.32. The van der Waals surface area contributed by atoms with E-state index in [0.717, 1.165) is 30.0 Å². The molecule has 1 aliphatic carbocycles. The van der Waals surface area contributed by atoms with Gasteiger partial charge in [0.2, 0.25) is 0 Å². The van der Waals surface area contributed by atoms with E-state index in [9.17, 15) is 14.9 Å². The smallest absolute Gasteiger partial charge is 0.526 e. The van der Waals surface area contributed by atoms with Gasteiger partial charge in [0.1, 0.15) is 11.3 Å². The molecule has 0 aromatic heterocycles. The number of carboxylic acid groups (broad SMARTS) is 1. The number of hydrogen-bond acceptors (Lipinski definition) is 5. The number of fused-ring (bicyclic) bond motifs is 3. The van der Waals surface area contributed by atoms with Crippen molar-refractivity contribution >= 4 is 24.8 Å². The number of benzene rings is 1. The molecule has 0 radical (unpaired) electrons. The molecule has 116 valence electrons. The second kappa shape index (κ2) is 5.18. The Morgan fingerprint density at radius 1 is 1.50 bits per heavy atom. The summed E-state index contributed by atoms with van der Waals surface area (Å²) in [5.41, 5.74) is 1.15. The van der Waals surface area contributed by atoms with Crippen LogP contribution in [-0.4, -0.2) is 41.6 Å². The van der Waals surface area contributed by atoms with Gasteiger partial charge in [0, 0.05) is 29.1 Å². The molecule has 1 saturated heterocycles. The predicted octanol–water partition coefficient (Wildman–Crippen LogP) is 1.82. The van der Waals surface area contributed by atoms with Gasteiger partial charge in [-0.25, -0.2) is 4.79 Å². The van der Waals surface area contributed by atoms with Crippen LogP contribution in [0.15, 0.2) is 17.0 Å². The fraction of sp³-hybridized carbons (Fsp3) is 0.533. The van der Waals surface area contributed by atoms with E-state index < -0.39 is 13.1 Å². The maximum Gasteiger partial charge on any atom is 0.526 e. The Bertz CT molecular complexity index is 636. The molecule has 0 amide bonds. The largest absolute Gasteiger partial charge is 0.535 e. The third kappa shape index (κ3) is 2.23. The molecule has 3 N–H and O–H groups in total. The second-order valence-corrected chi connectivity index (χ2v) is 7.84. The summed E-state index contributed by atoms with van der Waals surface area (Å²) in [6, 6.07) is 3.89. The van der Waals surface area contributed by atoms with E-state index in [2.05, 4.69) is 12.2 Å². The van der Waals surface area contributed by atoms with Crippen LogP contribution in [0.4, 0.5) is 0 Å². The summed E-state index contributed by atoms with van der Waals surface area (Å²) >= 11 is 1.59. The number of rotatable bonds is 4. The van der Waals surface area contributed by atoms with Crippen LogP contribution < -0.4 is 9.97 Å². The normalized spacial score (nSPS) is 27.3. The van der Waals surface area contributed by atoms with Gasteiger partial charge in [-0.05, 0) is 29.9 Å². The third-order valence-electron chi connectivity index (χ3n) is 5.00. The van der Waals surface area contributed by atoms with Gasteiger partial charge < -0.3 is 20.1 Å². The molecule has 1 saturated carbocycles. The minimum atomic E-state index is -0.982. The quantitative estimate of drug-likeness (QED) is 0.580. The fourth-order valence-electron chi connectivity index (χ4n) is 3.34. The van der Waals surface area contributed by atoms with Crippen molar-refractivity contribution in [2.45, 2.75) is 35.2 Å². The zero-order valence-corrected chi connectivity index (χ0v) is 13.1. The first-order valence-corrected chi connectivity index (χ1v) is 8.56. The predicted molar refractivity (Wildman–Crippen MR) is 84.8 cm³/mol. The summed E-state index contributed by atoms with van der Waals surface area (Å²) in [5, 5.41) is 23.2. The van der Waals surface area contributed by atoms with Crippen molar-refractivity contribution in [3.8, 4) is 5.75 Å². The first-order valence-electron chi connectivity index (χ1n) is 7.68. The summed E-state index contributed by atoms with van der Waals surface area (Å²) in [4.78, 5) is 12.5.